The number of fused-ring (bicyclic) bond motifs is 1. The molecular formula is C27H31F3N6O3. The van der Waals surface area contributed by atoms with Crippen LogP contribution in [0.15, 0.2) is 41.2 Å². The molecule has 1 fully saturated rings. The standard InChI is InChI=1S/C27H31F3N6O3/c1-3-35-12-4-5-18(35)14-33-21(37)13-16-6-8-17(9-7-16)20-11-10-19-23(38)22(26(39)32-2)24(31)36(25(19)34-20)15-27(28,29)30/h6-11,18H,3-5,12-15,31H2,1-2H3,(H,32,39)(H,33,37). The predicted molar refractivity (Wildman–Crippen MR) is 142 cm³/mol. The van der Waals surface area contributed by atoms with Gasteiger partial charge in [-0.15, -0.1) is 0 Å². The van der Waals surface area contributed by atoms with Crippen molar-refractivity contribution < 1.29 is 22.8 Å². The maximum Gasteiger partial charge on any atom is 0.406 e. The Bertz CT molecular complexity index is 1440. The summed E-state index contributed by atoms with van der Waals surface area (Å²) >= 11 is 0. The molecule has 2 aromatic heterocycles. The average Bonchev–Trinajstić information content (AvgIpc) is 3.37. The average molecular weight is 545 g/mol. The predicted octanol–water partition coefficient (Wildman–Crippen LogP) is 2.71. The Hall–Kier alpha value is -3.93. The fourth-order valence-electron chi connectivity index (χ4n) is 4.99. The Morgan fingerprint density at radius 3 is 2.51 bits per heavy atom. The minimum absolute atomic E-state index is 0.0897. The molecule has 208 valence electrons. The van der Waals surface area contributed by atoms with Gasteiger partial charge in [0.15, 0.2) is 0 Å². The van der Waals surface area contributed by atoms with Crippen LogP contribution in [0.1, 0.15) is 35.7 Å². The summed E-state index contributed by atoms with van der Waals surface area (Å²) in [6.45, 7) is 3.20. The third-order valence-corrected chi connectivity index (χ3v) is 7.00. The number of carbonyl (C=O) groups excluding carboxylic acids is 2. The van der Waals surface area contributed by atoms with Gasteiger partial charge in [0.2, 0.25) is 11.3 Å². The highest BCUT2D eigenvalue weighted by Gasteiger charge is 2.32. The van der Waals surface area contributed by atoms with Crippen LogP contribution in [0.2, 0.25) is 0 Å². The van der Waals surface area contributed by atoms with Crippen molar-refractivity contribution in [2.75, 3.05) is 32.4 Å². The fourth-order valence-corrected chi connectivity index (χ4v) is 4.99. The number of hydrogen-bond acceptors (Lipinski definition) is 6. The number of likely N-dealkylation sites (tertiary alicyclic amines) is 1. The van der Waals surface area contributed by atoms with Crippen molar-refractivity contribution in [1.29, 1.82) is 0 Å². The summed E-state index contributed by atoms with van der Waals surface area (Å²) in [5.74, 6) is -1.59. The van der Waals surface area contributed by atoms with Crippen molar-refractivity contribution in [2.24, 2.45) is 0 Å². The van der Waals surface area contributed by atoms with Gasteiger partial charge in [-0.1, -0.05) is 31.2 Å². The van der Waals surface area contributed by atoms with E-state index in [4.69, 9.17) is 5.73 Å². The van der Waals surface area contributed by atoms with Crippen molar-refractivity contribution in [3.05, 3.63) is 57.7 Å². The molecule has 3 aromatic rings. The molecule has 1 aliphatic heterocycles. The van der Waals surface area contributed by atoms with Gasteiger partial charge < -0.3 is 20.9 Å². The van der Waals surface area contributed by atoms with Crippen LogP contribution in [0.25, 0.3) is 22.3 Å². The van der Waals surface area contributed by atoms with E-state index in [1.807, 2.05) is 0 Å². The number of benzene rings is 1. The molecule has 2 amide bonds. The third-order valence-electron chi connectivity index (χ3n) is 7.00. The van der Waals surface area contributed by atoms with Gasteiger partial charge in [0, 0.05) is 25.2 Å². The van der Waals surface area contributed by atoms with Gasteiger partial charge in [0.1, 0.15) is 23.6 Å². The van der Waals surface area contributed by atoms with Gasteiger partial charge in [-0.25, -0.2) is 4.98 Å². The highest BCUT2D eigenvalue weighted by Crippen LogP contribution is 2.27. The Morgan fingerprint density at radius 2 is 1.87 bits per heavy atom. The molecule has 1 aliphatic rings. The molecule has 4 rings (SSSR count). The zero-order chi connectivity index (χ0) is 28.3. The number of rotatable bonds is 8. The minimum Gasteiger partial charge on any atom is -0.384 e. The summed E-state index contributed by atoms with van der Waals surface area (Å²) in [6, 6.07) is 10.1. The second kappa shape index (κ2) is 11.4. The molecule has 1 aromatic carbocycles. The van der Waals surface area contributed by atoms with Gasteiger partial charge in [-0.3, -0.25) is 19.3 Å². The van der Waals surface area contributed by atoms with Crippen molar-refractivity contribution in [1.82, 2.24) is 25.1 Å². The van der Waals surface area contributed by atoms with Crippen LogP contribution in [0, 0.1) is 0 Å². The third kappa shape index (κ3) is 6.22. The maximum atomic E-state index is 13.4. The summed E-state index contributed by atoms with van der Waals surface area (Å²) in [6.07, 6.45) is -2.29. The summed E-state index contributed by atoms with van der Waals surface area (Å²) < 4.78 is 40.8. The molecule has 0 radical (unpaired) electrons. The number of halogens is 3. The SMILES string of the molecule is CCN1CCCC1CNC(=O)Cc1ccc(-c2ccc3c(=O)c(C(=O)NC)c(N)n(CC(F)(F)F)c3n2)cc1. The molecule has 1 unspecified atom stereocenters. The smallest absolute Gasteiger partial charge is 0.384 e. The van der Waals surface area contributed by atoms with Crippen molar-refractivity contribution in [2.45, 2.75) is 44.9 Å². The van der Waals surface area contributed by atoms with E-state index < -0.39 is 35.4 Å². The monoisotopic (exact) mass is 544 g/mol. The van der Waals surface area contributed by atoms with Gasteiger partial charge in [-0.05, 0) is 43.6 Å². The van der Waals surface area contributed by atoms with E-state index in [9.17, 15) is 27.6 Å². The first-order valence-corrected chi connectivity index (χ1v) is 12.7. The molecular weight excluding hydrogens is 513 g/mol. The number of hydrogen-bond donors (Lipinski definition) is 3. The first-order chi connectivity index (χ1) is 18.5. The quantitative estimate of drug-likeness (QED) is 0.401. The molecule has 3 heterocycles. The lowest BCUT2D eigenvalue weighted by molar-refractivity contribution is -0.139. The van der Waals surface area contributed by atoms with Crippen LogP contribution in [-0.2, 0) is 17.8 Å². The lowest BCUT2D eigenvalue weighted by atomic mass is 10.0. The van der Waals surface area contributed by atoms with Crippen LogP contribution >= 0.6 is 0 Å². The topological polar surface area (TPSA) is 122 Å². The molecule has 0 saturated carbocycles. The number of nitrogens with one attached hydrogen (secondary N) is 2. The minimum atomic E-state index is -4.68. The molecule has 0 spiro atoms. The number of nitrogens with zero attached hydrogens (tertiary/aromatic N) is 3. The van der Waals surface area contributed by atoms with Gasteiger partial charge in [0.05, 0.1) is 17.5 Å². The number of amides is 2. The van der Waals surface area contributed by atoms with Gasteiger partial charge >= 0.3 is 6.18 Å². The lowest BCUT2D eigenvalue weighted by Crippen LogP contribution is -2.40. The molecule has 1 atom stereocenters. The van der Waals surface area contributed by atoms with Crippen molar-refractivity contribution >= 4 is 28.7 Å². The number of nitrogen functional groups attached to an aromatic ring is 1. The number of nitrogens with two attached hydrogens (primary N) is 1. The largest absolute Gasteiger partial charge is 0.406 e. The second-order valence-electron chi connectivity index (χ2n) is 9.54. The number of alkyl halides is 3. The Labute approximate surface area is 223 Å². The number of likely N-dealkylation sites (N-methyl/N-ethyl adjacent to an activating group) is 1. The van der Waals surface area contributed by atoms with E-state index in [-0.39, 0.29) is 23.4 Å². The van der Waals surface area contributed by atoms with Crippen LogP contribution in [0.3, 0.4) is 0 Å². The zero-order valence-corrected chi connectivity index (χ0v) is 21.8. The second-order valence-corrected chi connectivity index (χ2v) is 9.54. The van der Waals surface area contributed by atoms with Crippen molar-refractivity contribution in [3.63, 3.8) is 0 Å². The number of pyridine rings is 2. The molecule has 39 heavy (non-hydrogen) atoms. The normalized spacial score (nSPS) is 16.0. The molecule has 1 saturated heterocycles. The number of aromatic nitrogens is 2. The summed E-state index contributed by atoms with van der Waals surface area (Å²) in [5.41, 5.74) is 5.89. The summed E-state index contributed by atoms with van der Waals surface area (Å²) in [5, 5.41) is 5.07. The first-order valence-electron chi connectivity index (χ1n) is 12.7. The Kier molecular flexibility index (Phi) is 8.24. The van der Waals surface area contributed by atoms with Gasteiger partial charge in [0.25, 0.3) is 5.91 Å². The summed E-state index contributed by atoms with van der Waals surface area (Å²) in [4.78, 5) is 44.3. The fraction of sp³-hybridized carbons (Fsp3) is 0.407. The zero-order valence-electron chi connectivity index (χ0n) is 21.8. The van der Waals surface area contributed by atoms with Crippen LogP contribution < -0.4 is 21.8 Å². The summed E-state index contributed by atoms with van der Waals surface area (Å²) in [7, 11) is 1.25. The van der Waals surface area contributed by atoms with E-state index >= 15 is 0 Å². The van der Waals surface area contributed by atoms with E-state index in [1.54, 1.807) is 24.3 Å². The maximum absolute atomic E-state index is 13.4. The number of carbonyl (C=O) groups is 2. The molecule has 0 bridgehead atoms. The molecule has 0 aliphatic carbocycles. The lowest BCUT2D eigenvalue weighted by Gasteiger charge is -2.22. The van der Waals surface area contributed by atoms with Crippen LogP contribution in [0.5, 0.6) is 0 Å². The Morgan fingerprint density at radius 1 is 1.15 bits per heavy atom. The van der Waals surface area contributed by atoms with E-state index in [1.165, 1.54) is 19.2 Å². The molecule has 12 heteroatoms. The van der Waals surface area contributed by atoms with E-state index in [0.717, 1.165) is 31.5 Å². The van der Waals surface area contributed by atoms with E-state index in [2.05, 4.69) is 27.4 Å². The molecule has 9 nitrogen and oxygen atoms in total. The van der Waals surface area contributed by atoms with Crippen LogP contribution in [-0.4, -0.2) is 65.2 Å². The highest BCUT2D eigenvalue weighted by molar-refractivity contribution is 6.01. The van der Waals surface area contributed by atoms with Gasteiger partial charge in [-0.2, -0.15) is 13.2 Å². The highest BCUT2D eigenvalue weighted by atomic mass is 19.4. The first kappa shape index (κ1) is 28.1. The molecule has 4 N–H and O–H groups in total. The van der Waals surface area contributed by atoms with Crippen molar-refractivity contribution in [3.8, 4) is 11.3 Å². The van der Waals surface area contributed by atoms with Crippen LogP contribution in [0.4, 0.5) is 19.0 Å². The Balaban J connectivity index is 1.58. The van der Waals surface area contributed by atoms with E-state index in [0.29, 0.717) is 28.4 Å². The number of anilines is 1.